The number of halogens is 1. The van der Waals surface area contributed by atoms with Crippen LogP contribution in [0.1, 0.15) is 0 Å². The van der Waals surface area contributed by atoms with Crippen molar-refractivity contribution in [1.29, 1.82) is 0 Å². The molecule has 0 saturated heterocycles. The van der Waals surface area contributed by atoms with Crippen LogP contribution in [0.5, 0.6) is 0 Å². The third kappa shape index (κ3) is 5.15. The van der Waals surface area contributed by atoms with E-state index in [0.29, 0.717) is 24.0 Å². The minimum absolute atomic E-state index is 0.135. The lowest BCUT2D eigenvalue weighted by Gasteiger charge is -2.10. The summed E-state index contributed by atoms with van der Waals surface area (Å²) in [6, 6.07) is 15.5. The number of amides is 1. The molecule has 0 radical (unpaired) electrons. The van der Waals surface area contributed by atoms with Crippen LogP contribution < -0.4 is 5.32 Å². The van der Waals surface area contributed by atoms with E-state index < -0.39 is 5.82 Å². The van der Waals surface area contributed by atoms with Gasteiger partial charge in [0.25, 0.3) is 0 Å². The topological polar surface area (TPSA) is 69.0 Å². The second-order valence-electron chi connectivity index (χ2n) is 5.66. The lowest BCUT2D eigenvalue weighted by Crippen LogP contribution is -2.15. The average Bonchev–Trinajstić information content (AvgIpc) is 3.08. The number of ether oxygens (including phenoxy) is 1. The third-order valence-electron chi connectivity index (χ3n) is 3.71. The summed E-state index contributed by atoms with van der Waals surface area (Å²) in [6.45, 7) is 1.07. The lowest BCUT2D eigenvalue weighted by atomic mass is 10.2. The van der Waals surface area contributed by atoms with Crippen molar-refractivity contribution in [1.82, 2.24) is 14.8 Å². The van der Waals surface area contributed by atoms with Crippen LogP contribution in [0, 0.1) is 5.82 Å². The second kappa shape index (κ2) is 9.29. The molecule has 0 unspecified atom stereocenters. The molecule has 2 aromatic carbocycles. The van der Waals surface area contributed by atoms with E-state index >= 15 is 0 Å². The molecule has 0 aliphatic carbocycles. The maximum absolute atomic E-state index is 13.2. The van der Waals surface area contributed by atoms with E-state index in [0.717, 1.165) is 11.4 Å². The highest BCUT2D eigenvalue weighted by molar-refractivity contribution is 7.99. The van der Waals surface area contributed by atoms with Crippen molar-refractivity contribution in [3.8, 4) is 11.4 Å². The van der Waals surface area contributed by atoms with Gasteiger partial charge in [-0.15, -0.1) is 10.2 Å². The van der Waals surface area contributed by atoms with Gasteiger partial charge in [-0.3, -0.25) is 9.36 Å². The zero-order valence-corrected chi connectivity index (χ0v) is 15.6. The Kier molecular flexibility index (Phi) is 6.56. The molecule has 0 bridgehead atoms. The highest BCUT2D eigenvalue weighted by atomic mass is 32.2. The fraction of sp³-hybridized carbons (Fsp3) is 0.211. The largest absolute Gasteiger partial charge is 0.383 e. The van der Waals surface area contributed by atoms with Crippen LogP contribution in [0.4, 0.5) is 10.1 Å². The zero-order valence-electron chi connectivity index (χ0n) is 14.8. The van der Waals surface area contributed by atoms with Gasteiger partial charge in [0.05, 0.1) is 18.9 Å². The Morgan fingerprint density at radius 2 is 2.00 bits per heavy atom. The smallest absolute Gasteiger partial charge is 0.234 e. The summed E-state index contributed by atoms with van der Waals surface area (Å²) in [5, 5.41) is 11.8. The molecular weight excluding hydrogens is 367 g/mol. The number of carbonyl (C=O) groups is 1. The van der Waals surface area contributed by atoms with Crippen LogP contribution >= 0.6 is 11.8 Å². The molecule has 0 aliphatic rings. The van der Waals surface area contributed by atoms with E-state index in [1.807, 2.05) is 34.9 Å². The number of nitrogens with zero attached hydrogens (tertiary/aromatic N) is 3. The average molecular weight is 386 g/mol. The van der Waals surface area contributed by atoms with Crippen LogP contribution in [-0.2, 0) is 16.1 Å². The number of thioether (sulfide) groups is 1. The third-order valence-corrected chi connectivity index (χ3v) is 4.68. The molecule has 27 heavy (non-hydrogen) atoms. The van der Waals surface area contributed by atoms with E-state index in [-0.39, 0.29) is 11.7 Å². The van der Waals surface area contributed by atoms with Crippen molar-refractivity contribution in [2.45, 2.75) is 11.7 Å². The molecule has 3 aromatic rings. The fourth-order valence-corrected chi connectivity index (χ4v) is 3.24. The molecule has 6 nitrogen and oxygen atoms in total. The molecule has 0 saturated carbocycles. The lowest BCUT2D eigenvalue weighted by molar-refractivity contribution is -0.113. The number of hydrogen-bond acceptors (Lipinski definition) is 5. The number of benzene rings is 2. The summed E-state index contributed by atoms with van der Waals surface area (Å²) in [4.78, 5) is 12.2. The molecule has 1 amide bonds. The summed E-state index contributed by atoms with van der Waals surface area (Å²) < 4.78 is 20.3. The van der Waals surface area contributed by atoms with E-state index in [9.17, 15) is 9.18 Å². The Morgan fingerprint density at radius 3 is 2.74 bits per heavy atom. The van der Waals surface area contributed by atoms with Crippen molar-refractivity contribution >= 4 is 23.4 Å². The van der Waals surface area contributed by atoms with Crippen molar-refractivity contribution in [2.24, 2.45) is 0 Å². The van der Waals surface area contributed by atoms with Crippen LogP contribution in [0.25, 0.3) is 11.4 Å². The van der Waals surface area contributed by atoms with Gasteiger partial charge in [0.1, 0.15) is 5.82 Å². The molecule has 140 valence electrons. The first-order valence-electron chi connectivity index (χ1n) is 8.33. The van der Waals surface area contributed by atoms with E-state index in [4.69, 9.17) is 4.74 Å². The Balaban J connectivity index is 1.70. The molecule has 0 atom stereocenters. The fourth-order valence-electron chi connectivity index (χ4n) is 2.47. The second-order valence-corrected chi connectivity index (χ2v) is 6.61. The van der Waals surface area contributed by atoms with Gasteiger partial charge in [-0.2, -0.15) is 0 Å². The van der Waals surface area contributed by atoms with Crippen LogP contribution in [0.15, 0.2) is 59.8 Å². The van der Waals surface area contributed by atoms with Gasteiger partial charge in [0, 0.05) is 18.4 Å². The Bertz CT molecular complexity index is 902. The first-order valence-corrected chi connectivity index (χ1v) is 9.31. The predicted octanol–water partition coefficient (Wildman–Crippen LogP) is 3.46. The van der Waals surface area contributed by atoms with Gasteiger partial charge < -0.3 is 10.1 Å². The van der Waals surface area contributed by atoms with Crippen molar-refractivity contribution in [3.63, 3.8) is 0 Å². The Morgan fingerprint density at radius 1 is 1.19 bits per heavy atom. The number of nitrogens with one attached hydrogen (secondary N) is 1. The molecule has 1 aromatic heterocycles. The summed E-state index contributed by atoms with van der Waals surface area (Å²) in [5.41, 5.74) is 1.36. The summed E-state index contributed by atoms with van der Waals surface area (Å²) >= 11 is 1.27. The van der Waals surface area contributed by atoms with Crippen molar-refractivity contribution < 1.29 is 13.9 Å². The number of hydrogen-bond donors (Lipinski definition) is 1. The first-order chi connectivity index (χ1) is 13.2. The van der Waals surface area contributed by atoms with Gasteiger partial charge in [0.2, 0.25) is 5.91 Å². The van der Waals surface area contributed by atoms with Crippen molar-refractivity contribution in [2.75, 3.05) is 24.8 Å². The Labute approximate surface area is 160 Å². The normalized spacial score (nSPS) is 10.7. The van der Waals surface area contributed by atoms with E-state index in [1.54, 1.807) is 19.2 Å². The first kappa shape index (κ1) is 19.1. The van der Waals surface area contributed by atoms with Crippen molar-refractivity contribution in [3.05, 3.63) is 60.4 Å². The number of rotatable bonds is 8. The standard InChI is InChI=1S/C19H19FN4O2S/c1-26-11-10-24-18(14-6-3-2-4-7-14)22-23-19(24)27-13-17(25)21-16-9-5-8-15(20)12-16/h2-9,12H,10-11,13H2,1H3,(H,21,25). The van der Waals surface area contributed by atoms with Gasteiger partial charge >= 0.3 is 0 Å². The predicted molar refractivity (Wildman–Crippen MR) is 103 cm³/mol. The number of anilines is 1. The maximum atomic E-state index is 13.2. The summed E-state index contributed by atoms with van der Waals surface area (Å²) in [6.07, 6.45) is 0. The van der Waals surface area contributed by atoms with Gasteiger partial charge in [0.15, 0.2) is 11.0 Å². The highest BCUT2D eigenvalue weighted by Crippen LogP contribution is 2.24. The Hall–Kier alpha value is -2.71. The molecule has 1 N–H and O–H groups in total. The van der Waals surface area contributed by atoms with Crippen LogP contribution in [-0.4, -0.2) is 40.1 Å². The SMILES string of the molecule is COCCn1c(SCC(=O)Nc2cccc(F)c2)nnc1-c1ccccc1. The molecule has 0 aliphatic heterocycles. The summed E-state index contributed by atoms with van der Waals surface area (Å²) in [7, 11) is 1.63. The monoisotopic (exact) mass is 386 g/mol. The van der Waals surface area contributed by atoms with E-state index in [2.05, 4.69) is 15.5 Å². The minimum Gasteiger partial charge on any atom is -0.383 e. The number of methoxy groups -OCH3 is 1. The molecule has 0 fully saturated rings. The van der Waals surface area contributed by atoms with Gasteiger partial charge in [-0.25, -0.2) is 4.39 Å². The van der Waals surface area contributed by atoms with E-state index in [1.165, 1.54) is 23.9 Å². The molecule has 8 heteroatoms. The molecule has 1 heterocycles. The van der Waals surface area contributed by atoms with Crippen LogP contribution in [0.3, 0.4) is 0 Å². The number of carbonyl (C=O) groups excluding carboxylic acids is 1. The molecule has 3 rings (SSSR count). The zero-order chi connectivity index (χ0) is 19.1. The minimum atomic E-state index is -0.396. The quantitative estimate of drug-likeness (QED) is 0.601. The van der Waals surface area contributed by atoms with Crippen LogP contribution in [0.2, 0.25) is 0 Å². The number of aromatic nitrogens is 3. The van der Waals surface area contributed by atoms with Gasteiger partial charge in [-0.05, 0) is 18.2 Å². The molecular formula is C19H19FN4O2S. The molecule has 0 spiro atoms. The van der Waals surface area contributed by atoms with Gasteiger partial charge in [-0.1, -0.05) is 48.2 Å². The highest BCUT2D eigenvalue weighted by Gasteiger charge is 2.15. The maximum Gasteiger partial charge on any atom is 0.234 e. The summed E-state index contributed by atoms with van der Waals surface area (Å²) in [5.74, 6) is 0.220.